The molecule has 1 atom stereocenters. The summed E-state index contributed by atoms with van der Waals surface area (Å²) in [5, 5.41) is 3.19. The molecule has 0 spiro atoms. The van der Waals surface area contributed by atoms with E-state index in [1.807, 2.05) is 0 Å². The molecule has 29 heavy (non-hydrogen) atoms. The Morgan fingerprint density at radius 2 is 1.76 bits per heavy atom. The molecular weight excluding hydrogens is 416 g/mol. The van der Waals surface area contributed by atoms with Crippen molar-refractivity contribution in [3.05, 3.63) is 59.1 Å². The van der Waals surface area contributed by atoms with Gasteiger partial charge in [-0.25, -0.2) is 8.42 Å². The average molecular weight is 441 g/mol. The zero-order valence-corrected chi connectivity index (χ0v) is 18.2. The summed E-state index contributed by atoms with van der Waals surface area (Å²) in [5.41, 5.74) is 0.628. The lowest BCUT2D eigenvalue weighted by Crippen LogP contribution is -2.44. The summed E-state index contributed by atoms with van der Waals surface area (Å²) in [6.07, 6.45) is 1.06. The predicted octanol–water partition coefficient (Wildman–Crippen LogP) is 2.69. The maximum absolute atomic E-state index is 12.4. The molecule has 2 aromatic carbocycles. The van der Waals surface area contributed by atoms with Crippen LogP contribution in [0.4, 0.5) is 0 Å². The molecule has 0 aliphatic carbocycles. The van der Waals surface area contributed by atoms with Gasteiger partial charge in [-0.1, -0.05) is 29.8 Å². The summed E-state index contributed by atoms with van der Waals surface area (Å²) in [5.74, 6) is 0.940. The van der Waals surface area contributed by atoms with Crippen molar-refractivity contribution in [3.8, 4) is 11.5 Å². The number of nitrogens with zero attached hydrogens (tertiary/aromatic N) is 1. The molecule has 0 saturated carbocycles. The summed E-state index contributed by atoms with van der Waals surface area (Å²) >= 11 is 6.11. The Balaban J connectivity index is 1.90. The Morgan fingerprint density at radius 1 is 1.14 bits per heavy atom. The van der Waals surface area contributed by atoms with Gasteiger partial charge >= 0.3 is 0 Å². The standard InChI is InChI=1S/C20H25ClN2O5S/c1-15(14-28-18-10-8-17(27-2)9-11-18)22-20(24)13-23(29(3,25)26)12-16-6-4-5-7-19(16)21/h4-11,15H,12-14H2,1-3H3,(H,22,24)/t15-/m0/s1. The Morgan fingerprint density at radius 3 is 2.34 bits per heavy atom. The lowest BCUT2D eigenvalue weighted by atomic mass is 10.2. The van der Waals surface area contributed by atoms with E-state index in [1.165, 1.54) is 0 Å². The molecular formula is C20H25ClN2O5S. The second kappa shape index (κ2) is 10.5. The van der Waals surface area contributed by atoms with Gasteiger partial charge in [0.1, 0.15) is 18.1 Å². The van der Waals surface area contributed by atoms with Gasteiger partial charge in [0.15, 0.2) is 0 Å². The van der Waals surface area contributed by atoms with E-state index in [2.05, 4.69) is 5.32 Å². The Labute approximate surface area is 176 Å². The van der Waals surface area contributed by atoms with Gasteiger partial charge in [0.05, 0.1) is 26.0 Å². The van der Waals surface area contributed by atoms with Crippen LogP contribution in [-0.4, -0.2) is 51.2 Å². The zero-order valence-electron chi connectivity index (χ0n) is 16.6. The summed E-state index contributed by atoms with van der Waals surface area (Å²) in [6, 6.07) is 13.7. The molecule has 0 aliphatic rings. The molecule has 1 N–H and O–H groups in total. The Bertz CT molecular complexity index is 919. The first-order valence-corrected chi connectivity index (χ1v) is 11.2. The number of hydrogen-bond acceptors (Lipinski definition) is 5. The molecule has 158 valence electrons. The van der Waals surface area contributed by atoms with Crippen LogP contribution in [0, 0.1) is 0 Å². The fraction of sp³-hybridized carbons (Fsp3) is 0.350. The number of benzene rings is 2. The van der Waals surface area contributed by atoms with E-state index in [0.29, 0.717) is 16.3 Å². The lowest BCUT2D eigenvalue weighted by Gasteiger charge is -2.22. The third kappa shape index (κ3) is 7.56. The number of amides is 1. The lowest BCUT2D eigenvalue weighted by molar-refractivity contribution is -0.122. The van der Waals surface area contributed by atoms with Gasteiger partial charge in [-0.05, 0) is 42.8 Å². The molecule has 1 amide bonds. The van der Waals surface area contributed by atoms with E-state index in [-0.39, 0.29) is 25.7 Å². The minimum Gasteiger partial charge on any atom is -0.497 e. The van der Waals surface area contributed by atoms with Crippen LogP contribution in [0.2, 0.25) is 5.02 Å². The molecule has 7 nitrogen and oxygen atoms in total. The maximum Gasteiger partial charge on any atom is 0.235 e. The van der Waals surface area contributed by atoms with Crippen molar-refractivity contribution in [2.24, 2.45) is 0 Å². The number of carbonyl (C=O) groups excluding carboxylic acids is 1. The maximum atomic E-state index is 12.4. The van der Waals surface area contributed by atoms with E-state index in [4.69, 9.17) is 21.1 Å². The fourth-order valence-corrected chi connectivity index (χ4v) is 3.44. The number of ether oxygens (including phenoxy) is 2. The van der Waals surface area contributed by atoms with E-state index >= 15 is 0 Å². The molecule has 0 unspecified atom stereocenters. The minimum absolute atomic E-state index is 0.0165. The van der Waals surface area contributed by atoms with Crippen LogP contribution < -0.4 is 14.8 Å². The minimum atomic E-state index is -3.60. The number of rotatable bonds is 10. The normalized spacial score (nSPS) is 12.4. The first-order chi connectivity index (χ1) is 13.7. The first kappa shape index (κ1) is 23.0. The Hall–Kier alpha value is -2.29. The number of carbonyl (C=O) groups is 1. The van der Waals surface area contributed by atoms with Crippen LogP contribution in [0.25, 0.3) is 0 Å². The zero-order chi connectivity index (χ0) is 21.4. The van der Waals surface area contributed by atoms with Crippen molar-refractivity contribution in [3.63, 3.8) is 0 Å². The summed E-state index contributed by atoms with van der Waals surface area (Å²) in [7, 11) is -2.02. The van der Waals surface area contributed by atoms with Crippen molar-refractivity contribution < 1.29 is 22.7 Å². The molecule has 2 aromatic rings. The van der Waals surface area contributed by atoms with Gasteiger partial charge in [0, 0.05) is 11.6 Å². The second-order valence-electron chi connectivity index (χ2n) is 6.58. The highest BCUT2D eigenvalue weighted by Crippen LogP contribution is 2.19. The van der Waals surface area contributed by atoms with Crippen molar-refractivity contribution in [1.29, 1.82) is 0 Å². The number of methoxy groups -OCH3 is 1. The summed E-state index contributed by atoms with van der Waals surface area (Å²) < 4.78 is 36.0. The van der Waals surface area contributed by atoms with Crippen LogP contribution in [0.1, 0.15) is 12.5 Å². The quantitative estimate of drug-likeness (QED) is 0.614. The van der Waals surface area contributed by atoms with Crippen molar-refractivity contribution in [1.82, 2.24) is 9.62 Å². The number of halogens is 1. The van der Waals surface area contributed by atoms with Crippen molar-refractivity contribution >= 4 is 27.5 Å². The van der Waals surface area contributed by atoms with E-state index < -0.39 is 15.9 Å². The topological polar surface area (TPSA) is 84.9 Å². The average Bonchev–Trinajstić information content (AvgIpc) is 2.67. The van der Waals surface area contributed by atoms with Crippen LogP contribution >= 0.6 is 11.6 Å². The smallest absolute Gasteiger partial charge is 0.235 e. The van der Waals surface area contributed by atoms with Crippen LogP contribution in [-0.2, 0) is 21.4 Å². The molecule has 0 saturated heterocycles. The molecule has 0 aromatic heterocycles. The molecule has 9 heteroatoms. The van der Waals surface area contributed by atoms with Crippen LogP contribution in [0.3, 0.4) is 0 Å². The Kier molecular flexibility index (Phi) is 8.31. The van der Waals surface area contributed by atoms with Gasteiger partial charge in [0.2, 0.25) is 15.9 Å². The fourth-order valence-electron chi connectivity index (χ4n) is 2.52. The number of hydrogen-bond donors (Lipinski definition) is 1. The van der Waals surface area contributed by atoms with Gasteiger partial charge < -0.3 is 14.8 Å². The third-order valence-electron chi connectivity index (χ3n) is 4.06. The van der Waals surface area contributed by atoms with E-state index in [1.54, 1.807) is 62.6 Å². The van der Waals surface area contributed by atoms with Gasteiger partial charge in [-0.15, -0.1) is 0 Å². The summed E-state index contributed by atoms with van der Waals surface area (Å²) in [4.78, 5) is 12.4. The van der Waals surface area contributed by atoms with Crippen molar-refractivity contribution in [2.45, 2.75) is 19.5 Å². The summed E-state index contributed by atoms with van der Waals surface area (Å²) in [6.45, 7) is 1.72. The highest BCUT2D eigenvalue weighted by molar-refractivity contribution is 7.88. The van der Waals surface area contributed by atoms with Gasteiger partial charge in [-0.3, -0.25) is 4.79 Å². The predicted molar refractivity (Wildman–Crippen MR) is 113 cm³/mol. The molecule has 0 fully saturated rings. The monoisotopic (exact) mass is 440 g/mol. The van der Waals surface area contributed by atoms with E-state index in [0.717, 1.165) is 16.3 Å². The third-order valence-corrected chi connectivity index (χ3v) is 5.63. The molecule has 0 bridgehead atoms. The molecule has 0 radical (unpaired) electrons. The van der Waals surface area contributed by atoms with Crippen molar-refractivity contribution in [2.75, 3.05) is 26.5 Å². The number of sulfonamides is 1. The van der Waals surface area contributed by atoms with Crippen LogP contribution in [0.5, 0.6) is 11.5 Å². The highest BCUT2D eigenvalue weighted by atomic mass is 35.5. The van der Waals surface area contributed by atoms with Crippen LogP contribution in [0.15, 0.2) is 48.5 Å². The first-order valence-electron chi connectivity index (χ1n) is 8.93. The van der Waals surface area contributed by atoms with E-state index in [9.17, 15) is 13.2 Å². The largest absolute Gasteiger partial charge is 0.497 e. The molecule has 2 rings (SSSR count). The molecule has 0 aliphatic heterocycles. The van der Waals surface area contributed by atoms with Gasteiger partial charge in [0.25, 0.3) is 0 Å². The second-order valence-corrected chi connectivity index (χ2v) is 8.97. The molecule has 0 heterocycles. The number of nitrogens with one attached hydrogen (secondary N) is 1. The highest BCUT2D eigenvalue weighted by Gasteiger charge is 2.22. The van der Waals surface area contributed by atoms with Gasteiger partial charge in [-0.2, -0.15) is 4.31 Å². The SMILES string of the molecule is COc1ccc(OC[C@H](C)NC(=O)CN(Cc2ccccc2Cl)S(C)(=O)=O)cc1.